The van der Waals surface area contributed by atoms with Crippen LogP contribution in [0.15, 0.2) is 0 Å². The lowest BCUT2D eigenvalue weighted by Crippen LogP contribution is -2.34. The number of aryl methyl sites for hydroxylation is 1. The molecule has 1 aromatic heterocycles. The predicted octanol–water partition coefficient (Wildman–Crippen LogP) is 2.83. The van der Waals surface area contributed by atoms with E-state index in [-0.39, 0.29) is 6.54 Å². The van der Waals surface area contributed by atoms with E-state index in [1.165, 1.54) is 16.2 Å². The van der Waals surface area contributed by atoms with Crippen LogP contribution in [0.1, 0.15) is 24.4 Å². The lowest BCUT2D eigenvalue weighted by Gasteiger charge is -2.21. The van der Waals surface area contributed by atoms with Crippen molar-refractivity contribution in [3.05, 3.63) is 10.6 Å². The molecule has 0 aliphatic rings. The second-order valence-corrected chi connectivity index (χ2v) is 5.58. The van der Waals surface area contributed by atoms with E-state index in [4.69, 9.17) is 4.74 Å². The van der Waals surface area contributed by atoms with Crippen molar-refractivity contribution in [2.75, 3.05) is 38.3 Å². The minimum Gasteiger partial charge on any atom is -0.383 e. The van der Waals surface area contributed by atoms with Gasteiger partial charge in [-0.3, -0.25) is 0 Å². The van der Waals surface area contributed by atoms with Crippen LogP contribution in [0.25, 0.3) is 0 Å². The first kappa shape index (κ1) is 18.2. The Morgan fingerprint density at radius 3 is 2.57 bits per heavy atom. The second-order valence-electron chi connectivity index (χ2n) is 4.52. The third kappa shape index (κ3) is 6.19. The van der Waals surface area contributed by atoms with Crippen LogP contribution in [0.2, 0.25) is 0 Å². The van der Waals surface area contributed by atoms with Gasteiger partial charge in [-0.25, -0.2) is 4.98 Å². The largest absolute Gasteiger partial charge is 0.406 e. The molecule has 21 heavy (non-hydrogen) atoms. The van der Waals surface area contributed by atoms with Gasteiger partial charge in [0.05, 0.1) is 12.3 Å². The normalized spacial score (nSPS) is 11.9. The quantitative estimate of drug-likeness (QED) is 0.709. The van der Waals surface area contributed by atoms with Gasteiger partial charge in [-0.2, -0.15) is 13.2 Å². The van der Waals surface area contributed by atoms with Gasteiger partial charge in [0.1, 0.15) is 6.54 Å². The van der Waals surface area contributed by atoms with Crippen molar-refractivity contribution in [1.82, 2.24) is 10.3 Å². The van der Waals surface area contributed by atoms with Gasteiger partial charge in [0, 0.05) is 31.6 Å². The molecule has 8 heteroatoms. The number of halogens is 3. The van der Waals surface area contributed by atoms with E-state index < -0.39 is 12.7 Å². The summed E-state index contributed by atoms with van der Waals surface area (Å²) in [5, 5.41) is 3.64. The summed E-state index contributed by atoms with van der Waals surface area (Å²) in [7, 11) is 1.63. The summed E-state index contributed by atoms with van der Waals surface area (Å²) >= 11 is 1.33. The number of methoxy groups -OCH3 is 1. The molecule has 122 valence electrons. The molecule has 0 saturated carbocycles. The second kappa shape index (κ2) is 8.55. The molecule has 0 aromatic carbocycles. The molecule has 0 aliphatic heterocycles. The van der Waals surface area contributed by atoms with Gasteiger partial charge in [0.15, 0.2) is 5.13 Å². The Kier molecular flexibility index (Phi) is 7.41. The van der Waals surface area contributed by atoms with E-state index in [2.05, 4.69) is 10.3 Å². The molecule has 1 rings (SSSR count). The van der Waals surface area contributed by atoms with Crippen LogP contribution >= 0.6 is 11.3 Å². The van der Waals surface area contributed by atoms with Crippen molar-refractivity contribution in [3.8, 4) is 0 Å². The molecule has 1 heterocycles. The molecule has 1 N–H and O–H groups in total. The summed E-state index contributed by atoms with van der Waals surface area (Å²) in [6.45, 7) is 4.89. The molecule has 4 nitrogen and oxygen atoms in total. The number of nitrogens with zero attached hydrogens (tertiary/aromatic N) is 2. The van der Waals surface area contributed by atoms with E-state index in [9.17, 15) is 13.2 Å². The monoisotopic (exact) mass is 325 g/mol. The average Bonchev–Trinajstić information content (AvgIpc) is 2.83. The molecule has 0 radical (unpaired) electrons. The SMILES string of the molecule is CCc1nc(N(CC)CC(F)(F)F)sc1CNCCOC. The van der Waals surface area contributed by atoms with Gasteiger partial charge in [0.25, 0.3) is 0 Å². The maximum atomic E-state index is 12.6. The minimum atomic E-state index is -4.22. The van der Waals surface area contributed by atoms with Gasteiger partial charge in [-0.05, 0) is 13.3 Å². The van der Waals surface area contributed by atoms with Crippen LogP contribution < -0.4 is 10.2 Å². The van der Waals surface area contributed by atoms with Gasteiger partial charge in [0.2, 0.25) is 0 Å². The van der Waals surface area contributed by atoms with Crippen LogP contribution in [0.5, 0.6) is 0 Å². The Hall–Kier alpha value is -0.860. The zero-order valence-corrected chi connectivity index (χ0v) is 13.4. The first-order chi connectivity index (χ1) is 9.91. The van der Waals surface area contributed by atoms with E-state index >= 15 is 0 Å². The number of anilines is 1. The molecular weight excluding hydrogens is 303 g/mol. The minimum absolute atomic E-state index is 0.284. The number of rotatable bonds is 9. The van der Waals surface area contributed by atoms with Gasteiger partial charge in [-0.15, -0.1) is 11.3 Å². The number of ether oxygens (including phenoxy) is 1. The highest BCUT2D eigenvalue weighted by Crippen LogP contribution is 2.29. The number of thiazole rings is 1. The fourth-order valence-electron chi connectivity index (χ4n) is 1.83. The molecule has 0 saturated heterocycles. The summed E-state index contributed by atoms with van der Waals surface area (Å²) < 4.78 is 42.6. The highest BCUT2D eigenvalue weighted by Gasteiger charge is 2.31. The van der Waals surface area contributed by atoms with Crippen molar-refractivity contribution < 1.29 is 17.9 Å². The van der Waals surface area contributed by atoms with Crippen molar-refractivity contribution in [3.63, 3.8) is 0 Å². The Morgan fingerprint density at radius 2 is 2.05 bits per heavy atom. The highest BCUT2D eigenvalue weighted by atomic mass is 32.1. The van der Waals surface area contributed by atoms with E-state index in [1.807, 2.05) is 6.92 Å². The molecular formula is C13H22F3N3OS. The number of aromatic nitrogens is 1. The van der Waals surface area contributed by atoms with Crippen LogP contribution in [0, 0.1) is 0 Å². The number of hydrogen-bond acceptors (Lipinski definition) is 5. The smallest absolute Gasteiger partial charge is 0.383 e. The Bertz CT molecular complexity index is 423. The molecule has 0 amide bonds. The average molecular weight is 325 g/mol. The highest BCUT2D eigenvalue weighted by molar-refractivity contribution is 7.15. The van der Waals surface area contributed by atoms with E-state index in [0.29, 0.717) is 31.2 Å². The Balaban J connectivity index is 2.76. The maximum Gasteiger partial charge on any atom is 0.406 e. The third-order valence-corrected chi connectivity index (χ3v) is 4.05. The van der Waals surface area contributed by atoms with Crippen molar-refractivity contribution >= 4 is 16.5 Å². The zero-order chi connectivity index (χ0) is 15.9. The van der Waals surface area contributed by atoms with Crippen molar-refractivity contribution in [1.29, 1.82) is 0 Å². The van der Waals surface area contributed by atoms with E-state index in [0.717, 1.165) is 10.6 Å². The summed E-state index contributed by atoms with van der Waals surface area (Å²) in [6.07, 6.45) is -3.51. The lowest BCUT2D eigenvalue weighted by atomic mass is 10.3. The first-order valence-corrected chi connectivity index (χ1v) is 7.72. The predicted molar refractivity (Wildman–Crippen MR) is 79.0 cm³/mol. The summed E-state index contributed by atoms with van der Waals surface area (Å²) in [4.78, 5) is 6.61. The third-order valence-electron chi connectivity index (χ3n) is 2.89. The Morgan fingerprint density at radius 1 is 1.33 bits per heavy atom. The standard InChI is InChI=1S/C13H22F3N3OS/c1-4-10-11(8-17-6-7-20-3)21-12(18-10)19(5-2)9-13(14,15)16/h17H,4-9H2,1-3H3. The molecule has 1 aromatic rings. The number of nitrogens with one attached hydrogen (secondary N) is 1. The molecule has 0 bridgehead atoms. The molecule has 0 unspecified atom stereocenters. The van der Waals surface area contributed by atoms with Crippen molar-refractivity contribution in [2.24, 2.45) is 0 Å². The topological polar surface area (TPSA) is 37.4 Å². The number of hydrogen-bond donors (Lipinski definition) is 1. The van der Waals surface area contributed by atoms with Gasteiger partial charge < -0.3 is 15.0 Å². The molecule has 0 atom stereocenters. The Labute approximate surface area is 127 Å². The first-order valence-electron chi connectivity index (χ1n) is 6.91. The summed E-state index contributed by atoms with van der Waals surface area (Å²) in [5.74, 6) is 0. The fraction of sp³-hybridized carbons (Fsp3) is 0.769. The van der Waals surface area contributed by atoms with E-state index in [1.54, 1.807) is 14.0 Å². The van der Waals surface area contributed by atoms with Crippen LogP contribution in [-0.2, 0) is 17.7 Å². The fourth-order valence-corrected chi connectivity index (χ4v) is 3.01. The number of alkyl halides is 3. The van der Waals surface area contributed by atoms with Gasteiger partial charge >= 0.3 is 6.18 Å². The van der Waals surface area contributed by atoms with Gasteiger partial charge in [-0.1, -0.05) is 6.92 Å². The van der Waals surface area contributed by atoms with Crippen LogP contribution in [0.4, 0.5) is 18.3 Å². The lowest BCUT2D eigenvalue weighted by molar-refractivity contribution is -0.119. The molecule has 0 aliphatic carbocycles. The van der Waals surface area contributed by atoms with Crippen LogP contribution in [0.3, 0.4) is 0 Å². The van der Waals surface area contributed by atoms with Crippen molar-refractivity contribution in [2.45, 2.75) is 33.0 Å². The maximum absolute atomic E-state index is 12.6. The summed E-state index contributed by atoms with van der Waals surface area (Å²) in [5.41, 5.74) is 0.862. The summed E-state index contributed by atoms with van der Waals surface area (Å²) in [6, 6.07) is 0. The molecule has 0 fully saturated rings. The van der Waals surface area contributed by atoms with Crippen LogP contribution in [-0.4, -0.2) is 44.5 Å². The zero-order valence-electron chi connectivity index (χ0n) is 12.6. The molecule has 0 spiro atoms.